The Labute approximate surface area is 114 Å². The standard InChI is InChI=1S/C12H22N2O2S2/c1-4-13-11(12-9-17-10(3)14-12)7-6-8-18(15,16)5-2/h9,11,13H,4-8H2,1-3H3. The van der Waals surface area contributed by atoms with Crippen molar-refractivity contribution in [3.63, 3.8) is 0 Å². The van der Waals surface area contributed by atoms with Crippen LogP contribution in [0.1, 0.15) is 43.4 Å². The molecule has 0 spiro atoms. The van der Waals surface area contributed by atoms with E-state index in [1.54, 1.807) is 18.3 Å². The quantitative estimate of drug-likeness (QED) is 0.798. The molecular formula is C12H22N2O2S2. The molecule has 0 aliphatic rings. The van der Waals surface area contributed by atoms with Gasteiger partial charge in [0.2, 0.25) is 0 Å². The average molecular weight is 290 g/mol. The first-order valence-corrected chi connectivity index (χ1v) is 9.04. The third-order valence-corrected chi connectivity index (χ3v) is 5.41. The second kappa shape index (κ2) is 7.21. The molecular weight excluding hydrogens is 268 g/mol. The molecule has 18 heavy (non-hydrogen) atoms. The molecule has 0 radical (unpaired) electrons. The van der Waals surface area contributed by atoms with Crippen LogP contribution in [0.15, 0.2) is 5.38 Å². The molecule has 1 aromatic heterocycles. The number of nitrogens with zero attached hydrogens (tertiary/aromatic N) is 1. The fourth-order valence-electron chi connectivity index (χ4n) is 1.79. The Morgan fingerprint density at radius 3 is 2.67 bits per heavy atom. The minimum atomic E-state index is -2.85. The maximum Gasteiger partial charge on any atom is 0.150 e. The Kier molecular flexibility index (Phi) is 6.25. The van der Waals surface area contributed by atoms with E-state index in [0.717, 1.165) is 23.7 Å². The van der Waals surface area contributed by atoms with Crippen molar-refractivity contribution in [3.8, 4) is 0 Å². The summed E-state index contributed by atoms with van der Waals surface area (Å²) < 4.78 is 22.9. The van der Waals surface area contributed by atoms with E-state index in [2.05, 4.69) is 22.6 Å². The summed E-state index contributed by atoms with van der Waals surface area (Å²) >= 11 is 1.63. The molecule has 1 unspecified atom stereocenters. The lowest BCUT2D eigenvalue weighted by Crippen LogP contribution is -2.22. The maximum absolute atomic E-state index is 11.4. The van der Waals surface area contributed by atoms with Crippen LogP contribution in [0, 0.1) is 6.92 Å². The van der Waals surface area contributed by atoms with Crippen molar-refractivity contribution in [3.05, 3.63) is 16.1 Å². The maximum atomic E-state index is 11.4. The highest BCUT2D eigenvalue weighted by Crippen LogP contribution is 2.20. The molecule has 0 saturated heterocycles. The minimum absolute atomic E-state index is 0.173. The second-order valence-electron chi connectivity index (χ2n) is 4.28. The normalized spacial score (nSPS) is 13.7. The van der Waals surface area contributed by atoms with Crippen molar-refractivity contribution in [2.45, 2.75) is 39.7 Å². The van der Waals surface area contributed by atoms with E-state index in [4.69, 9.17) is 0 Å². The van der Waals surface area contributed by atoms with Gasteiger partial charge in [-0.15, -0.1) is 11.3 Å². The van der Waals surface area contributed by atoms with E-state index in [9.17, 15) is 8.42 Å². The number of rotatable bonds is 8. The van der Waals surface area contributed by atoms with Gasteiger partial charge in [-0.3, -0.25) is 0 Å². The highest BCUT2D eigenvalue weighted by Gasteiger charge is 2.15. The summed E-state index contributed by atoms with van der Waals surface area (Å²) in [5, 5.41) is 6.47. The Morgan fingerprint density at radius 1 is 1.44 bits per heavy atom. The lowest BCUT2D eigenvalue weighted by Gasteiger charge is -2.15. The van der Waals surface area contributed by atoms with Crippen molar-refractivity contribution in [1.82, 2.24) is 10.3 Å². The molecule has 0 amide bonds. The summed E-state index contributed by atoms with van der Waals surface area (Å²) in [6, 6.07) is 0.173. The van der Waals surface area contributed by atoms with Crippen LogP contribution in [0.3, 0.4) is 0 Å². The second-order valence-corrected chi connectivity index (χ2v) is 7.82. The molecule has 0 fully saturated rings. The summed E-state index contributed by atoms with van der Waals surface area (Å²) in [6.45, 7) is 6.59. The molecule has 0 aliphatic heterocycles. The third-order valence-electron chi connectivity index (χ3n) is 2.83. The topological polar surface area (TPSA) is 59.1 Å². The molecule has 1 heterocycles. The van der Waals surface area contributed by atoms with Gasteiger partial charge in [0.25, 0.3) is 0 Å². The van der Waals surface area contributed by atoms with Crippen molar-refractivity contribution in [2.75, 3.05) is 18.1 Å². The first-order chi connectivity index (χ1) is 8.48. The lowest BCUT2D eigenvalue weighted by molar-refractivity contribution is 0.497. The molecule has 0 aliphatic carbocycles. The molecule has 0 saturated carbocycles. The first kappa shape index (κ1) is 15.6. The predicted molar refractivity (Wildman–Crippen MR) is 76.8 cm³/mol. The van der Waals surface area contributed by atoms with Crippen LogP contribution in [-0.2, 0) is 9.84 Å². The smallest absolute Gasteiger partial charge is 0.150 e. The van der Waals surface area contributed by atoms with E-state index < -0.39 is 9.84 Å². The number of hydrogen-bond acceptors (Lipinski definition) is 5. The van der Waals surface area contributed by atoms with Crippen LogP contribution >= 0.6 is 11.3 Å². The number of aromatic nitrogens is 1. The summed E-state index contributed by atoms with van der Waals surface area (Å²) in [5.74, 6) is 0.503. The van der Waals surface area contributed by atoms with Crippen molar-refractivity contribution < 1.29 is 8.42 Å². The summed E-state index contributed by atoms with van der Waals surface area (Å²) in [6.07, 6.45) is 1.50. The fourth-order valence-corrected chi connectivity index (χ4v) is 3.35. The lowest BCUT2D eigenvalue weighted by atomic mass is 10.1. The van der Waals surface area contributed by atoms with Gasteiger partial charge in [0.15, 0.2) is 0 Å². The molecule has 1 N–H and O–H groups in total. The zero-order chi connectivity index (χ0) is 13.6. The largest absolute Gasteiger partial charge is 0.309 e. The Balaban J connectivity index is 2.54. The van der Waals surface area contributed by atoms with Gasteiger partial charge in [-0.05, 0) is 26.3 Å². The van der Waals surface area contributed by atoms with Gasteiger partial charge in [-0.1, -0.05) is 13.8 Å². The number of sulfone groups is 1. The minimum Gasteiger partial charge on any atom is -0.309 e. The van der Waals surface area contributed by atoms with E-state index in [1.807, 2.05) is 6.92 Å². The zero-order valence-corrected chi connectivity index (χ0v) is 12.9. The van der Waals surface area contributed by atoms with Gasteiger partial charge in [0, 0.05) is 11.1 Å². The number of thiazole rings is 1. The van der Waals surface area contributed by atoms with E-state index in [1.165, 1.54) is 0 Å². The fraction of sp³-hybridized carbons (Fsp3) is 0.750. The summed E-state index contributed by atoms with van der Waals surface area (Å²) in [7, 11) is -2.85. The van der Waals surface area contributed by atoms with Crippen molar-refractivity contribution >= 4 is 21.2 Å². The van der Waals surface area contributed by atoms with Gasteiger partial charge in [-0.2, -0.15) is 0 Å². The van der Waals surface area contributed by atoms with E-state index >= 15 is 0 Å². The molecule has 4 nitrogen and oxygen atoms in total. The molecule has 1 aromatic rings. The highest BCUT2D eigenvalue weighted by molar-refractivity contribution is 7.91. The van der Waals surface area contributed by atoms with Gasteiger partial charge in [-0.25, -0.2) is 13.4 Å². The molecule has 6 heteroatoms. The van der Waals surface area contributed by atoms with Crippen LogP contribution in [0.4, 0.5) is 0 Å². The Bertz CT molecular complexity index is 454. The van der Waals surface area contributed by atoms with Crippen LogP contribution in [-0.4, -0.2) is 31.5 Å². The third kappa shape index (κ3) is 5.04. The zero-order valence-electron chi connectivity index (χ0n) is 11.3. The average Bonchev–Trinajstić information content (AvgIpc) is 2.74. The highest BCUT2D eigenvalue weighted by atomic mass is 32.2. The van der Waals surface area contributed by atoms with E-state index in [-0.39, 0.29) is 17.5 Å². The SMILES string of the molecule is CCNC(CCCS(=O)(=O)CC)c1csc(C)n1. The Morgan fingerprint density at radius 2 is 2.17 bits per heavy atom. The van der Waals surface area contributed by atoms with Gasteiger partial charge in [0.05, 0.1) is 22.5 Å². The number of nitrogens with one attached hydrogen (secondary N) is 1. The number of aryl methyl sites for hydroxylation is 1. The predicted octanol–water partition coefficient (Wildman–Crippen LogP) is 2.32. The molecule has 0 bridgehead atoms. The molecule has 1 atom stereocenters. The van der Waals surface area contributed by atoms with Crippen molar-refractivity contribution in [1.29, 1.82) is 0 Å². The summed E-state index contributed by atoms with van der Waals surface area (Å²) in [5.41, 5.74) is 1.04. The summed E-state index contributed by atoms with van der Waals surface area (Å²) in [4.78, 5) is 4.47. The Hall–Kier alpha value is -0.460. The van der Waals surface area contributed by atoms with Gasteiger partial charge in [0.1, 0.15) is 9.84 Å². The van der Waals surface area contributed by atoms with Gasteiger partial charge < -0.3 is 5.32 Å². The van der Waals surface area contributed by atoms with Gasteiger partial charge >= 0.3 is 0 Å². The molecule has 1 rings (SSSR count). The van der Waals surface area contributed by atoms with Crippen LogP contribution in [0.2, 0.25) is 0 Å². The van der Waals surface area contributed by atoms with Crippen molar-refractivity contribution in [2.24, 2.45) is 0 Å². The molecule has 104 valence electrons. The first-order valence-electron chi connectivity index (χ1n) is 6.34. The monoisotopic (exact) mass is 290 g/mol. The number of hydrogen-bond donors (Lipinski definition) is 1. The van der Waals surface area contributed by atoms with Crippen LogP contribution < -0.4 is 5.32 Å². The molecule has 0 aromatic carbocycles. The van der Waals surface area contributed by atoms with Crippen LogP contribution in [0.5, 0.6) is 0 Å². The van der Waals surface area contributed by atoms with Crippen LogP contribution in [0.25, 0.3) is 0 Å². The van der Waals surface area contributed by atoms with E-state index in [0.29, 0.717) is 6.42 Å².